The number of aromatic nitrogens is 4. The summed E-state index contributed by atoms with van der Waals surface area (Å²) in [7, 11) is 0. The standard InChI is InChI=1S/C26H26N6O4/c33-24(29-35)20-16-27-25(28-17-20)30-12-10-19(11-13-30)18-31-14-15-32(26(31)34)21-6-8-23(9-7-21)36-22-4-2-1-3-5-22/h1-9,14-17,19,35H,10-13,18H2,(H,29,33). The summed E-state index contributed by atoms with van der Waals surface area (Å²) in [5, 5.41) is 8.71. The molecule has 10 heteroatoms. The number of carbonyl (C=O) groups is 1. The maximum atomic E-state index is 13.0. The van der Waals surface area contributed by atoms with E-state index >= 15 is 0 Å². The lowest BCUT2D eigenvalue weighted by Gasteiger charge is -2.31. The molecule has 0 spiro atoms. The first-order valence-corrected chi connectivity index (χ1v) is 11.7. The van der Waals surface area contributed by atoms with Gasteiger partial charge in [0.25, 0.3) is 5.91 Å². The van der Waals surface area contributed by atoms with Gasteiger partial charge >= 0.3 is 5.69 Å². The van der Waals surface area contributed by atoms with Crippen molar-refractivity contribution in [3.63, 3.8) is 0 Å². The lowest BCUT2D eigenvalue weighted by Crippen LogP contribution is -2.37. The molecule has 36 heavy (non-hydrogen) atoms. The summed E-state index contributed by atoms with van der Waals surface area (Å²) in [5.41, 5.74) is 2.47. The van der Waals surface area contributed by atoms with Gasteiger partial charge < -0.3 is 9.64 Å². The Balaban J connectivity index is 1.18. The third-order valence-corrected chi connectivity index (χ3v) is 6.30. The van der Waals surface area contributed by atoms with E-state index < -0.39 is 5.91 Å². The fourth-order valence-corrected chi connectivity index (χ4v) is 4.31. The number of carbonyl (C=O) groups excluding carboxylic acids is 1. The van der Waals surface area contributed by atoms with Crippen LogP contribution in [-0.4, -0.2) is 43.3 Å². The summed E-state index contributed by atoms with van der Waals surface area (Å²) >= 11 is 0. The minimum absolute atomic E-state index is 0.0739. The molecule has 2 aromatic carbocycles. The highest BCUT2D eigenvalue weighted by molar-refractivity contribution is 5.92. The van der Waals surface area contributed by atoms with E-state index in [1.807, 2.05) is 60.8 Å². The molecule has 3 heterocycles. The molecule has 2 N–H and O–H groups in total. The number of nitrogens with zero attached hydrogens (tertiary/aromatic N) is 5. The van der Waals surface area contributed by atoms with E-state index in [1.54, 1.807) is 20.8 Å². The molecule has 0 bridgehead atoms. The van der Waals surface area contributed by atoms with Crippen LogP contribution in [0.25, 0.3) is 5.69 Å². The number of hydrogen-bond donors (Lipinski definition) is 2. The summed E-state index contributed by atoms with van der Waals surface area (Å²) in [6.07, 6.45) is 8.20. The number of amides is 1. The lowest BCUT2D eigenvalue weighted by molar-refractivity contribution is 0.0705. The number of benzene rings is 2. The van der Waals surface area contributed by atoms with Crippen LogP contribution in [0.15, 0.2) is 84.2 Å². The van der Waals surface area contributed by atoms with Crippen molar-refractivity contribution in [2.75, 3.05) is 18.0 Å². The van der Waals surface area contributed by atoms with Crippen molar-refractivity contribution >= 4 is 11.9 Å². The van der Waals surface area contributed by atoms with Crippen molar-refractivity contribution in [2.45, 2.75) is 19.4 Å². The number of imidazole rings is 1. The van der Waals surface area contributed by atoms with Crippen molar-refractivity contribution in [3.05, 3.63) is 95.4 Å². The first-order chi connectivity index (χ1) is 17.6. The van der Waals surface area contributed by atoms with Crippen LogP contribution in [0.4, 0.5) is 5.95 Å². The maximum absolute atomic E-state index is 13.0. The number of hydroxylamine groups is 1. The van der Waals surface area contributed by atoms with Gasteiger partial charge in [-0.3, -0.25) is 19.1 Å². The Bertz CT molecular complexity index is 1360. The van der Waals surface area contributed by atoms with Gasteiger partial charge in [0, 0.05) is 44.4 Å². The largest absolute Gasteiger partial charge is 0.457 e. The highest BCUT2D eigenvalue weighted by atomic mass is 16.5. The van der Waals surface area contributed by atoms with E-state index in [-0.39, 0.29) is 11.3 Å². The van der Waals surface area contributed by atoms with Gasteiger partial charge in [0.05, 0.1) is 11.3 Å². The third kappa shape index (κ3) is 5.13. The van der Waals surface area contributed by atoms with Gasteiger partial charge in [0.15, 0.2) is 0 Å². The molecule has 184 valence electrons. The number of rotatable bonds is 7. The van der Waals surface area contributed by atoms with Crippen molar-refractivity contribution < 1.29 is 14.7 Å². The molecule has 1 saturated heterocycles. The zero-order chi connectivity index (χ0) is 24.9. The number of anilines is 1. The third-order valence-electron chi connectivity index (χ3n) is 6.30. The molecule has 5 rings (SSSR count). The summed E-state index contributed by atoms with van der Waals surface area (Å²) in [6, 6.07) is 17.0. The van der Waals surface area contributed by atoms with E-state index in [4.69, 9.17) is 9.94 Å². The second kappa shape index (κ2) is 10.4. The highest BCUT2D eigenvalue weighted by Crippen LogP contribution is 2.23. The van der Waals surface area contributed by atoms with Crippen LogP contribution >= 0.6 is 0 Å². The molecule has 10 nitrogen and oxygen atoms in total. The maximum Gasteiger partial charge on any atom is 0.332 e. The zero-order valence-corrected chi connectivity index (χ0v) is 19.5. The minimum atomic E-state index is -0.644. The number of nitrogens with one attached hydrogen (secondary N) is 1. The fraction of sp³-hybridized carbons (Fsp3) is 0.231. The van der Waals surface area contributed by atoms with Gasteiger partial charge in [-0.1, -0.05) is 18.2 Å². The monoisotopic (exact) mass is 486 g/mol. The van der Waals surface area contributed by atoms with Gasteiger partial charge in [-0.25, -0.2) is 20.2 Å². The lowest BCUT2D eigenvalue weighted by atomic mass is 9.97. The summed E-state index contributed by atoms with van der Waals surface area (Å²) in [4.78, 5) is 35.0. The molecule has 2 aromatic heterocycles. The van der Waals surface area contributed by atoms with Crippen molar-refractivity contribution in [3.8, 4) is 17.2 Å². The van der Waals surface area contributed by atoms with Gasteiger partial charge in [-0.05, 0) is 55.2 Å². The second-order valence-electron chi connectivity index (χ2n) is 8.66. The molecule has 0 unspecified atom stereocenters. The molecule has 0 radical (unpaired) electrons. The molecule has 4 aromatic rings. The summed E-state index contributed by atoms with van der Waals surface area (Å²) in [6.45, 7) is 2.16. The Morgan fingerprint density at radius 1 is 0.972 bits per heavy atom. The predicted molar refractivity (Wildman–Crippen MR) is 133 cm³/mol. The van der Waals surface area contributed by atoms with Crippen molar-refractivity contribution in [1.29, 1.82) is 0 Å². The summed E-state index contributed by atoms with van der Waals surface area (Å²) in [5.74, 6) is 1.73. The van der Waals surface area contributed by atoms with Gasteiger partial charge in [0.1, 0.15) is 11.5 Å². The first kappa shape index (κ1) is 23.3. The SMILES string of the molecule is O=C(NO)c1cnc(N2CCC(Cn3ccn(-c4ccc(Oc5ccccc5)cc4)c3=O)CC2)nc1. The number of piperidine rings is 1. The van der Waals surface area contributed by atoms with Crippen molar-refractivity contribution in [2.24, 2.45) is 5.92 Å². The Labute approximate surface area is 207 Å². The first-order valence-electron chi connectivity index (χ1n) is 11.7. The molecule has 1 amide bonds. The summed E-state index contributed by atoms with van der Waals surface area (Å²) < 4.78 is 9.23. The Hall–Kier alpha value is -4.44. The molecular weight excluding hydrogens is 460 g/mol. The Kier molecular flexibility index (Phi) is 6.76. The van der Waals surface area contributed by atoms with Crippen LogP contribution < -0.4 is 20.8 Å². The highest BCUT2D eigenvalue weighted by Gasteiger charge is 2.22. The van der Waals surface area contributed by atoms with Crippen LogP contribution in [0, 0.1) is 5.92 Å². The minimum Gasteiger partial charge on any atom is -0.457 e. The van der Waals surface area contributed by atoms with E-state index in [1.165, 1.54) is 12.4 Å². The van der Waals surface area contributed by atoms with Crippen LogP contribution in [0.5, 0.6) is 11.5 Å². The van der Waals surface area contributed by atoms with Gasteiger partial charge in [0.2, 0.25) is 5.95 Å². The predicted octanol–water partition coefficient (Wildman–Crippen LogP) is 3.26. The molecule has 0 aliphatic carbocycles. The Morgan fingerprint density at radius 3 is 2.31 bits per heavy atom. The molecule has 0 saturated carbocycles. The van der Waals surface area contributed by atoms with Crippen LogP contribution in [0.3, 0.4) is 0 Å². The van der Waals surface area contributed by atoms with Gasteiger partial charge in [-0.15, -0.1) is 0 Å². The molecule has 1 aliphatic rings. The van der Waals surface area contributed by atoms with E-state index in [2.05, 4.69) is 14.9 Å². The molecule has 0 atom stereocenters. The van der Waals surface area contributed by atoms with E-state index in [0.29, 0.717) is 24.2 Å². The fourth-order valence-electron chi connectivity index (χ4n) is 4.31. The second-order valence-corrected chi connectivity index (χ2v) is 8.66. The van der Waals surface area contributed by atoms with Crippen LogP contribution in [-0.2, 0) is 6.54 Å². The quantitative estimate of drug-likeness (QED) is 0.304. The van der Waals surface area contributed by atoms with Crippen LogP contribution in [0.1, 0.15) is 23.2 Å². The number of ether oxygens (including phenoxy) is 1. The Morgan fingerprint density at radius 2 is 1.64 bits per heavy atom. The van der Waals surface area contributed by atoms with E-state index in [0.717, 1.165) is 37.4 Å². The average Bonchev–Trinajstić information content (AvgIpc) is 3.29. The topological polar surface area (TPSA) is 115 Å². The molecule has 1 aliphatic heterocycles. The number of para-hydroxylation sites is 1. The molecule has 1 fully saturated rings. The van der Waals surface area contributed by atoms with Crippen molar-refractivity contribution in [1.82, 2.24) is 24.6 Å². The van der Waals surface area contributed by atoms with E-state index in [9.17, 15) is 9.59 Å². The van der Waals surface area contributed by atoms with Crippen LogP contribution in [0.2, 0.25) is 0 Å². The number of hydrogen-bond acceptors (Lipinski definition) is 7. The normalized spacial score (nSPS) is 14.0. The smallest absolute Gasteiger partial charge is 0.332 e. The van der Waals surface area contributed by atoms with Gasteiger partial charge in [-0.2, -0.15) is 0 Å². The average molecular weight is 487 g/mol. The zero-order valence-electron chi connectivity index (χ0n) is 19.5. The molecular formula is C26H26N6O4.